The lowest BCUT2D eigenvalue weighted by molar-refractivity contribution is 0.0951. The van der Waals surface area contributed by atoms with Crippen LogP contribution in [0.2, 0.25) is 5.02 Å². The van der Waals surface area contributed by atoms with Crippen molar-refractivity contribution in [1.82, 2.24) is 5.32 Å². The van der Waals surface area contributed by atoms with Crippen LogP contribution in [0, 0.1) is 0 Å². The van der Waals surface area contributed by atoms with Crippen LogP contribution in [0.15, 0.2) is 48.5 Å². The predicted molar refractivity (Wildman–Crippen MR) is 75.6 cm³/mol. The first-order chi connectivity index (χ1) is 9.19. The number of rotatable bonds is 4. The normalized spacial score (nSPS) is 10.0. The molecular formula is C15H14ClNO2. The Balaban J connectivity index is 1.98. The van der Waals surface area contributed by atoms with E-state index in [9.17, 15) is 4.79 Å². The number of carbonyl (C=O) groups excluding carboxylic acids is 1. The highest BCUT2D eigenvalue weighted by Gasteiger charge is 2.05. The van der Waals surface area contributed by atoms with E-state index in [4.69, 9.17) is 16.3 Å². The van der Waals surface area contributed by atoms with Gasteiger partial charge < -0.3 is 10.1 Å². The maximum atomic E-state index is 11.9. The van der Waals surface area contributed by atoms with Gasteiger partial charge in [-0.1, -0.05) is 23.7 Å². The standard InChI is InChI=1S/C15H14ClNO2/c1-19-14-4-2-3-11(9-14)10-17-15(18)12-5-7-13(16)8-6-12/h2-9H,10H2,1H3,(H,17,18). The molecule has 0 saturated carbocycles. The lowest BCUT2D eigenvalue weighted by Crippen LogP contribution is -2.22. The molecule has 3 nitrogen and oxygen atoms in total. The number of halogens is 1. The van der Waals surface area contributed by atoms with Crippen molar-refractivity contribution in [1.29, 1.82) is 0 Å². The number of nitrogens with one attached hydrogen (secondary N) is 1. The third-order valence-electron chi connectivity index (χ3n) is 2.69. The molecule has 4 heteroatoms. The Morgan fingerprint density at radius 2 is 1.95 bits per heavy atom. The van der Waals surface area contributed by atoms with E-state index < -0.39 is 0 Å². The van der Waals surface area contributed by atoms with Gasteiger partial charge in [0.05, 0.1) is 7.11 Å². The fraction of sp³-hybridized carbons (Fsp3) is 0.133. The molecule has 98 valence electrons. The highest BCUT2D eigenvalue weighted by molar-refractivity contribution is 6.30. The minimum atomic E-state index is -0.125. The van der Waals surface area contributed by atoms with Crippen molar-refractivity contribution in [3.05, 3.63) is 64.7 Å². The summed E-state index contributed by atoms with van der Waals surface area (Å²) in [7, 11) is 1.62. The first-order valence-electron chi connectivity index (χ1n) is 5.86. The molecule has 2 rings (SSSR count). The zero-order chi connectivity index (χ0) is 13.7. The summed E-state index contributed by atoms with van der Waals surface area (Å²) >= 11 is 5.78. The molecule has 0 heterocycles. The molecule has 2 aromatic carbocycles. The van der Waals surface area contributed by atoms with E-state index in [1.54, 1.807) is 31.4 Å². The molecule has 1 N–H and O–H groups in total. The highest BCUT2D eigenvalue weighted by atomic mass is 35.5. The molecule has 1 amide bonds. The van der Waals surface area contributed by atoms with Crippen LogP contribution in [0.25, 0.3) is 0 Å². The Morgan fingerprint density at radius 1 is 1.21 bits per heavy atom. The molecule has 0 spiro atoms. The van der Waals surface area contributed by atoms with E-state index in [2.05, 4.69) is 5.32 Å². The average Bonchev–Trinajstić information content (AvgIpc) is 2.46. The van der Waals surface area contributed by atoms with Gasteiger partial charge in [0, 0.05) is 17.1 Å². The smallest absolute Gasteiger partial charge is 0.251 e. The summed E-state index contributed by atoms with van der Waals surface area (Å²) in [5, 5.41) is 3.46. The van der Waals surface area contributed by atoms with Gasteiger partial charge in [-0.05, 0) is 42.0 Å². The van der Waals surface area contributed by atoms with E-state index in [1.165, 1.54) is 0 Å². The summed E-state index contributed by atoms with van der Waals surface area (Å²) in [5.74, 6) is 0.651. The van der Waals surface area contributed by atoms with Gasteiger partial charge in [-0.2, -0.15) is 0 Å². The lowest BCUT2D eigenvalue weighted by atomic mass is 10.2. The molecule has 0 fully saturated rings. The lowest BCUT2D eigenvalue weighted by Gasteiger charge is -2.07. The van der Waals surface area contributed by atoms with Crippen LogP contribution in [0.1, 0.15) is 15.9 Å². The maximum absolute atomic E-state index is 11.9. The van der Waals surface area contributed by atoms with Gasteiger partial charge in [-0.15, -0.1) is 0 Å². The molecule has 0 radical (unpaired) electrons. The zero-order valence-corrected chi connectivity index (χ0v) is 11.3. The second-order valence-electron chi connectivity index (χ2n) is 4.04. The van der Waals surface area contributed by atoms with Gasteiger partial charge in [0.1, 0.15) is 5.75 Å². The molecular weight excluding hydrogens is 262 g/mol. The summed E-state index contributed by atoms with van der Waals surface area (Å²) in [6.45, 7) is 0.457. The summed E-state index contributed by atoms with van der Waals surface area (Å²) in [6.07, 6.45) is 0. The van der Waals surface area contributed by atoms with Crippen LogP contribution in [-0.2, 0) is 6.54 Å². The number of hydrogen-bond donors (Lipinski definition) is 1. The summed E-state index contributed by atoms with van der Waals surface area (Å²) in [6, 6.07) is 14.4. The van der Waals surface area contributed by atoms with E-state index in [-0.39, 0.29) is 5.91 Å². The molecule has 0 aromatic heterocycles. The summed E-state index contributed by atoms with van der Waals surface area (Å²) < 4.78 is 5.13. The minimum Gasteiger partial charge on any atom is -0.497 e. The SMILES string of the molecule is COc1cccc(CNC(=O)c2ccc(Cl)cc2)c1. The highest BCUT2D eigenvalue weighted by Crippen LogP contribution is 2.13. The fourth-order valence-corrected chi connectivity index (χ4v) is 1.79. The Kier molecular flexibility index (Phi) is 4.42. The molecule has 0 bridgehead atoms. The Morgan fingerprint density at radius 3 is 2.63 bits per heavy atom. The van der Waals surface area contributed by atoms with E-state index in [1.807, 2.05) is 24.3 Å². The molecule has 0 atom stereocenters. The van der Waals surface area contributed by atoms with Crippen LogP contribution in [0.5, 0.6) is 5.75 Å². The summed E-state index contributed by atoms with van der Waals surface area (Å²) in [4.78, 5) is 11.9. The first-order valence-corrected chi connectivity index (χ1v) is 6.23. The van der Waals surface area contributed by atoms with Crippen molar-refractivity contribution in [3.8, 4) is 5.75 Å². The number of ether oxygens (including phenoxy) is 1. The predicted octanol–water partition coefficient (Wildman–Crippen LogP) is 3.28. The van der Waals surface area contributed by atoms with Crippen molar-refractivity contribution >= 4 is 17.5 Å². The summed E-state index contributed by atoms with van der Waals surface area (Å²) in [5.41, 5.74) is 1.58. The van der Waals surface area contributed by atoms with Gasteiger partial charge >= 0.3 is 0 Å². The van der Waals surface area contributed by atoms with Crippen LogP contribution in [0.4, 0.5) is 0 Å². The third-order valence-corrected chi connectivity index (χ3v) is 2.95. The van der Waals surface area contributed by atoms with Crippen molar-refractivity contribution < 1.29 is 9.53 Å². The van der Waals surface area contributed by atoms with E-state index >= 15 is 0 Å². The average molecular weight is 276 g/mol. The van der Waals surface area contributed by atoms with Gasteiger partial charge in [0.15, 0.2) is 0 Å². The monoisotopic (exact) mass is 275 g/mol. The maximum Gasteiger partial charge on any atom is 0.251 e. The van der Waals surface area contributed by atoms with Crippen molar-refractivity contribution in [2.24, 2.45) is 0 Å². The van der Waals surface area contributed by atoms with E-state index in [0.29, 0.717) is 17.1 Å². The second kappa shape index (κ2) is 6.25. The largest absolute Gasteiger partial charge is 0.497 e. The minimum absolute atomic E-state index is 0.125. The molecule has 0 saturated heterocycles. The van der Waals surface area contributed by atoms with Crippen LogP contribution in [-0.4, -0.2) is 13.0 Å². The number of carbonyl (C=O) groups is 1. The van der Waals surface area contributed by atoms with Gasteiger partial charge in [-0.25, -0.2) is 0 Å². The Labute approximate surface area is 117 Å². The van der Waals surface area contributed by atoms with E-state index in [0.717, 1.165) is 11.3 Å². The van der Waals surface area contributed by atoms with Crippen LogP contribution in [0.3, 0.4) is 0 Å². The number of hydrogen-bond acceptors (Lipinski definition) is 2. The molecule has 0 aliphatic heterocycles. The molecule has 0 aliphatic rings. The first kappa shape index (κ1) is 13.4. The van der Waals surface area contributed by atoms with Gasteiger partial charge in [-0.3, -0.25) is 4.79 Å². The molecule has 2 aromatic rings. The van der Waals surface area contributed by atoms with Gasteiger partial charge in [0.25, 0.3) is 5.91 Å². The molecule has 0 aliphatic carbocycles. The van der Waals surface area contributed by atoms with Gasteiger partial charge in [0.2, 0.25) is 0 Å². The number of methoxy groups -OCH3 is 1. The van der Waals surface area contributed by atoms with Crippen LogP contribution < -0.4 is 10.1 Å². The third kappa shape index (κ3) is 3.73. The van der Waals surface area contributed by atoms with Crippen LogP contribution >= 0.6 is 11.6 Å². The number of benzene rings is 2. The molecule has 0 unspecified atom stereocenters. The zero-order valence-electron chi connectivity index (χ0n) is 10.5. The number of amides is 1. The van der Waals surface area contributed by atoms with Crippen molar-refractivity contribution in [3.63, 3.8) is 0 Å². The second-order valence-corrected chi connectivity index (χ2v) is 4.48. The fourth-order valence-electron chi connectivity index (χ4n) is 1.67. The van der Waals surface area contributed by atoms with Crippen molar-refractivity contribution in [2.45, 2.75) is 6.54 Å². The molecule has 19 heavy (non-hydrogen) atoms. The van der Waals surface area contributed by atoms with Crippen molar-refractivity contribution in [2.75, 3.05) is 7.11 Å². The Hall–Kier alpha value is -2.00. The topological polar surface area (TPSA) is 38.3 Å². The Bertz CT molecular complexity index is 567. The quantitative estimate of drug-likeness (QED) is 0.930.